The largest absolute Gasteiger partial charge is 0.354 e. The molecule has 0 saturated carbocycles. The van der Waals surface area contributed by atoms with E-state index < -0.39 is 5.91 Å². The van der Waals surface area contributed by atoms with Crippen molar-refractivity contribution in [2.45, 2.75) is 6.54 Å². The topological polar surface area (TPSA) is 58.1 Å². The van der Waals surface area contributed by atoms with Crippen LogP contribution in [-0.2, 0) is 6.54 Å². The lowest BCUT2D eigenvalue weighted by molar-refractivity contribution is 0.102. The standard InChI is InChI=1S/C19H17FN4O/c1-24(13-14-5-3-2-4-6-14)18-12-21-17(11-22-18)19(25)23-16-9-7-15(20)8-10-16/h2-12H,13H2,1H3,(H,23,25). The molecule has 0 fully saturated rings. The zero-order valence-electron chi connectivity index (χ0n) is 13.7. The van der Waals surface area contributed by atoms with E-state index in [1.807, 2.05) is 42.3 Å². The van der Waals surface area contributed by atoms with E-state index in [4.69, 9.17) is 0 Å². The molecule has 6 heteroatoms. The molecule has 1 aromatic heterocycles. The van der Waals surface area contributed by atoms with Crippen LogP contribution in [0.2, 0.25) is 0 Å². The van der Waals surface area contributed by atoms with E-state index in [2.05, 4.69) is 15.3 Å². The molecule has 2 aromatic carbocycles. The molecule has 1 heterocycles. The number of hydrogen-bond acceptors (Lipinski definition) is 4. The van der Waals surface area contributed by atoms with E-state index in [9.17, 15) is 9.18 Å². The molecule has 1 amide bonds. The van der Waals surface area contributed by atoms with Gasteiger partial charge in [0.2, 0.25) is 0 Å². The summed E-state index contributed by atoms with van der Waals surface area (Å²) in [6, 6.07) is 15.5. The van der Waals surface area contributed by atoms with Gasteiger partial charge < -0.3 is 10.2 Å². The molecule has 0 aliphatic carbocycles. The number of rotatable bonds is 5. The molecule has 0 radical (unpaired) electrons. The maximum Gasteiger partial charge on any atom is 0.275 e. The molecule has 3 rings (SSSR count). The Bertz CT molecular complexity index is 836. The third-order valence-corrected chi connectivity index (χ3v) is 3.63. The van der Waals surface area contributed by atoms with E-state index >= 15 is 0 Å². The van der Waals surface area contributed by atoms with Gasteiger partial charge in [-0.2, -0.15) is 0 Å². The Morgan fingerprint density at radius 2 is 1.76 bits per heavy atom. The van der Waals surface area contributed by atoms with Gasteiger partial charge in [-0.15, -0.1) is 0 Å². The van der Waals surface area contributed by atoms with E-state index in [0.717, 1.165) is 5.56 Å². The Morgan fingerprint density at radius 1 is 1.04 bits per heavy atom. The fraction of sp³-hybridized carbons (Fsp3) is 0.105. The number of nitrogens with zero attached hydrogens (tertiary/aromatic N) is 3. The molecule has 0 aliphatic heterocycles. The second-order valence-corrected chi connectivity index (χ2v) is 5.56. The Labute approximate surface area is 145 Å². The Kier molecular flexibility index (Phi) is 4.99. The molecule has 25 heavy (non-hydrogen) atoms. The number of aromatic nitrogens is 2. The summed E-state index contributed by atoms with van der Waals surface area (Å²) in [4.78, 5) is 22.6. The van der Waals surface area contributed by atoms with Crippen molar-refractivity contribution in [2.75, 3.05) is 17.3 Å². The summed E-state index contributed by atoms with van der Waals surface area (Å²) >= 11 is 0. The van der Waals surface area contributed by atoms with Crippen LogP contribution in [0.5, 0.6) is 0 Å². The van der Waals surface area contributed by atoms with Crippen molar-refractivity contribution >= 4 is 17.4 Å². The van der Waals surface area contributed by atoms with Crippen molar-refractivity contribution in [3.63, 3.8) is 0 Å². The van der Waals surface area contributed by atoms with Gasteiger partial charge in [0.15, 0.2) is 0 Å². The molecule has 0 aliphatic rings. The highest BCUT2D eigenvalue weighted by molar-refractivity contribution is 6.02. The number of hydrogen-bond donors (Lipinski definition) is 1. The first-order valence-corrected chi connectivity index (χ1v) is 7.76. The number of nitrogens with one attached hydrogen (secondary N) is 1. The Hall–Kier alpha value is -3.28. The van der Waals surface area contributed by atoms with Crippen molar-refractivity contribution in [2.24, 2.45) is 0 Å². The van der Waals surface area contributed by atoms with E-state index in [1.54, 1.807) is 6.20 Å². The van der Waals surface area contributed by atoms with Crippen LogP contribution in [0, 0.1) is 5.82 Å². The van der Waals surface area contributed by atoms with Crippen molar-refractivity contribution in [3.8, 4) is 0 Å². The lowest BCUT2D eigenvalue weighted by atomic mass is 10.2. The second-order valence-electron chi connectivity index (χ2n) is 5.56. The molecule has 3 aromatic rings. The van der Waals surface area contributed by atoms with Gasteiger partial charge in [-0.05, 0) is 29.8 Å². The highest BCUT2D eigenvalue weighted by Gasteiger charge is 2.10. The van der Waals surface area contributed by atoms with Crippen molar-refractivity contribution in [1.82, 2.24) is 9.97 Å². The fourth-order valence-corrected chi connectivity index (χ4v) is 2.30. The normalized spacial score (nSPS) is 10.3. The molecule has 1 N–H and O–H groups in total. The van der Waals surface area contributed by atoms with E-state index in [0.29, 0.717) is 18.1 Å². The van der Waals surface area contributed by atoms with Crippen LogP contribution in [0.15, 0.2) is 67.0 Å². The highest BCUT2D eigenvalue weighted by Crippen LogP contribution is 2.13. The van der Waals surface area contributed by atoms with Crippen LogP contribution in [0.1, 0.15) is 16.1 Å². The minimum atomic E-state index is -0.392. The fourth-order valence-electron chi connectivity index (χ4n) is 2.30. The van der Waals surface area contributed by atoms with Crippen LogP contribution in [-0.4, -0.2) is 22.9 Å². The molecule has 0 unspecified atom stereocenters. The predicted octanol–water partition coefficient (Wildman–Crippen LogP) is 3.50. The smallest absolute Gasteiger partial charge is 0.275 e. The zero-order valence-corrected chi connectivity index (χ0v) is 13.7. The highest BCUT2D eigenvalue weighted by atomic mass is 19.1. The minimum absolute atomic E-state index is 0.196. The van der Waals surface area contributed by atoms with Crippen molar-refractivity contribution in [1.29, 1.82) is 0 Å². The van der Waals surface area contributed by atoms with Gasteiger partial charge in [-0.3, -0.25) is 4.79 Å². The van der Waals surface area contributed by atoms with Crippen LogP contribution in [0.25, 0.3) is 0 Å². The molecular formula is C19H17FN4O. The summed E-state index contributed by atoms with van der Waals surface area (Å²) in [5.41, 5.74) is 1.85. The number of carbonyl (C=O) groups excluding carboxylic acids is 1. The molecule has 126 valence electrons. The number of halogens is 1. The van der Waals surface area contributed by atoms with Gasteiger partial charge in [0.05, 0.1) is 12.4 Å². The molecule has 0 bridgehead atoms. The first kappa shape index (κ1) is 16.6. The zero-order chi connectivity index (χ0) is 17.6. The SMILES string of the molecule is CN(Cc1ccccc1)c1cnc(C(=O)Nc2ccc(F)cc2)cn1. The Balaban J connectivity index is 1.65. The lowest BCUT2D eigenvalue weighted by Gasteiger charge is -2.17. The quantitative estimate of drug-likeness (QED) is 0.775. The average molecular weight is 336 g/mol. The van der Waals surface area contributed by atoms with Crippen LogP contribution in [0.3, 0.4) is 0 Å². The molecule has 0 atom stereocenters. The van der Waals surface area contributed by atoms with Gasteiger partial charge in [0, 0.05) is 19.3 Å². The van der Waals surface area contributed by atoms with E-state index in [1.165, 1.54) is 30.5 Å². The van der Waals surface area contributed by atoms with Crippen molar-refractivity contribution in [3.05, 3.63) is 84.1 Å². The molecular weight excluding hydrogens is 319 g/mol. The van der Waals surface area contributed by atoms with Crippen LogP contribution >= 0.6 is 0 Å². The summed E-state index contributed by atoms with van der Waals surface area (Å²) in [6.07, 6.45) is 2.98. The molecule has 5 nitrogen and oxygen atoms in total. The number of anilines is 2. The maximum absolute atomic E-state index is 12.9. The average Bonchev–Trinajstić information content (AvgIpc) is 2.64. The number of carbonyl (C=O) groups is 1. The van der Waals surface area contributed by atoms with E-state index in [-0.39, 0.29) is 11.5 Å². The number of amides is 1. The van der Waals surface area contributed by atoms with Gasteiger partial charge in [-0.25, -0.2) is 14.4 Å². The summed E-state index contributed by atoms with van der Waals surface area (Å²) in [5, 5.41) is 2.65. The summed E-state index contributed by atoms with van der Waals surface area (Å²) in [7, 11) is 1.91. The number of benzene rings is 2. The third kappa shape index (κ3) is 4.38. The monoisotopic (exact) mass is 336 g/mol. The third-order valence-electron chi connectivity index (χ3n) is 3.63. The first-order valence-electron chi connectivity index (χ1n) is 7.76. The lowest BCUT2D eigenvalue weighted by Crippen LogP contribution is -2.19. The molecule has 0 saturated heterocycles. The molecule has 0 spiro atoms. The Morgan fingerprint density at radius 3 is 2.40 bits per heavy atom. The maximum atomic E-state index is 12.9. The van der Waals surface area contributed by atoms with Crippen LogP contribution in [0.4, 0.5) is 15.9 Å². The van der Waals surface area contributed by atoms with Gasteiger partial charge in [0.1, 0.15) is 17.3 Å². The minimum Gasteiger partial charge on any atom is -0.354 e. The first-order chi connectivity index (χ1) is 12.1. The van der Waals surface area contributed by atoms with Crippen LogP contribution < -0.4 is 10.2 Å². The predicted molar refractivity (Wildman–Crippen MR) is 94.9 cm³/mol. The van der Waals surface area contributed by atoms with Crippen molar-refractivity contribution < 1.29 is 9.18 Å². The summed E-state index contributed by atoms with van der Waals surface area (Å²) < 4.78 is 12.9. The van der Waals surface area contributed by atoms with Gasteiger partial charge in [0.25, 0.3) is 5.91 Å². The summed E-state index contributed by atoms with van der Waals surface area (Å²) in [5.74, 6) is -0.0813. The summed E-state index contributed by atoms with van der Waals surface area (Å²) in [6.45, 7) is 0.691. The second kappa shape index (κ2) is 7.53. The van der Waals surface area contributed by atoms with Gasteiger partial charge in [-0.1, -0.05) is 30.3 Å². The van der Waals surface area contributed by atoms with Gasteiger partial charge >= 0.3 is 0 Å².